The molecule has 1 aliphatic rings. The van der Waals surface area contributed by atoms with Crippen LogP contribution in [0.25, 0.3) is 0 Å². The second kappa shape index (κ2) is 10.6. The number of hydrogen-bond donors (Lipinski definition) is 2. The van der Waals surface area contributed by atoms with E-state index in [1.807, 2.05) is 23.1 Å². The summed E-state index contributed by atoms with van der Waals surface area (Å²) in [5, 5.41) is 11.8. The van der Waals surface area contributed by atoms with Crippen molar-refractivity contribution in [3.63, 3.8) is 0 Å². The molecule has 1 fully saturated rings. The highest BCUT2D eigenvalue weighted by molar-refractivity contribution is 7.14. The lowest BCUT2D eigenvalue weighted by Crippen LogP contribution is -2.37. The van der Waals surface area contributed by atoms with E-state index in [9.17, 15) is 9.59 Å². The second-order valence-corrected chi connectivity index (χ2v) is 8.78. The summed E-state index contributed by atoms with van der Waals surface area (Å²) >= 11 is 1.42. The summed E-state index contributed by atoms with van der Waals surface area (Å²) in [4.78, 5) is 27.8. The monoisotopic (exact) mass is 430 g/mol. The van der Waals surface area contributed by atoms with E-state index < -0.39 is 0 Å². The highest BCUT2D eigenvalue weighted by atomic mass is 32.1. The topological polar surface area (TPSA) is 78.9 Å². The minimum absolute atomic E-state index is 0.0222. The van der Waals surface area contributed by atoms with Gasteiger partial charge < -0.3 is 15.2 Å². The zero-order valence-corrected chi connectivity index (χ0v) is 18.4. The van der Waals surface area contributed by atoms with Crippen molar-refractivity contribution in [2.45, 2.75) is 51.0 Å². The van der Waals surface area contributed by atoms with Crippen molar-refractivity contribution in [1.29, 1.82) is 0 Å². The minimum atomic E-state index is -0.331. The number of nitrogens with zero attached hydrogens (tertiary/aromatic N) is 1. The maximum atomic E-state index is 12.6. The molecule has 1 saturated heterocycles. The average Bonchev–Trinajstić information content (AvgIpc) is 3.40. The van der Waals surface area contributed by atoms with Gasteiger partial charge in [0.25, 0.3) is 0 Å². The molecule has 0 spiro atoms. The Labute approximate surface area is 181 Å². The highest BCUT2D eigenvalue weighted by Crippen LogP contribution is 2.34. The summed E-state index contributed by atoms with van der Waals surface area (Å²) in [6.45, 7) is 2.92. The van der Waals surface area contributed by atoms with Gasteiger partial charge in [-0.1, -0.05) is 31.9 Å². The minimum Gasteiger partial charge on any atom is -0.465 e. The van der Waals surface area contributed by atoms with E-state index in [1.54, 1.807) is 6.07 Å². The highest BCUT2D eigenvalue weighted by Gasteiger charge is 2.36. The molecule has 2 aromatic rings. The van der Waals surface area contributed by atoms with E-state index in [0.29, 0.717) is 11.4 Å². The van der Waals surface area contributed by atoms with E-state index in [1.165, 1.54) is 24.0 Å². The number of esters is 1. The third-order valence-electron chi connectivity index (χ3n) is 5.64. The lowest BCUT2D eigenvalue weighted by atomic mass is 9.99. The summed E-state index contributed by atoms with van der Waals surface area (Å²) in [7, 11) is 1.38. The molecule has 1 aromatic heterocycles. The zero-order valence-electron chi connectivity index (χ0n) is 17.6. The summed E-state index contributed by atoms with van der Waals surface area (Å²) in [5.41, 5.74) is 2.14. The number of benzene rings is 1. The Morgan fingerprint density at radius 2 is 1.93 bits per heavy atom. The molecular formula is C23H30N2O4S. The van der Waals surface area contributed by atoms with Gasteiger partial charge >= 0.3 is 12.0 Å². The van der Waals surface area contributed by atoms with Crippen molar-refractivity contribution in [2.24, 2.45) is 0 Å². The molecule has 2 heterocycles. The Morgan fingerprint density at radius 3 is 2.63 bits per heavy atom. The number of urea groups is 1. The third-order valence-corrected chi connectivity index (χ3v) is 6.91. The number of aryl methyl sites for hydroxylation is 1. The fourth-order valence-electron chi connectivity index (χ4n) is 3.84. The number of carbonyl (C=O) groups is 2. The van der Waals surface area contributed by atoms with Gasteiger partial charge in [0.2, 0.25) is 0 Å². The van der Waals surface area contributed by atoms with Gasteiger partial charge in [0, 0.05) is 29.6 Å². The van der Waals surface area contributed by atoms with E-state index in [0.717, 1.165) is 42.7 Å². The van der Waals surface area contributed by atoms with E-state index in [-0.39, 0.29) is 30.6 Å². The van der Waals surface area contributed by atoms with Crippen LogP contribution in [0.3, 0.4) is 0 Å². The van der Waals surface area contributed by atoms with Crippen LogP contribution in [0.4, 0.5) is 10.5 Å². The zero-order chi connectivity index (χ0) is 21.5. The lowest BCUT2D eigenvalue weighted by Gasteiger charge is -2.27. The van der Waals surface area contributed by atoms with Gasteiger partial charge in [0.15, 0.2) is 0 Å². The Hall–Kier alpha value is -2.38. The van der Waals surface area contributed by atoms with Crippen molar-refractivity contribution in [3.8, 4) is 0 Å². The van der Waals surface area contributed by atoms with Gasteiger partial charge in [0.1, 0.15) is 4.88 Å². The first-order valence-electron chi connectivity index (χ1n) is 10.5. The number of ether oxygens (including phenoxy) is 1. The number of rotatable bonds is 10. The van der Waals surface area contributed by atoms with Crippen molar-refractivity contribution < 1.29 is 19.4 Å². The summed E-state index contributed by atoms with van der Waals surface area (Å²) in [5.74, 6) is -0.249. The molecule has 0 bridgehead atoms. The largest absolute Gasteiger partial charge is 0.465 e. The average molecular weight is 431 g/mol. The molecule has 162 valence electrons. The van der Waals surface area contributed by atoms with Crippen molar-refractivity contribution in [2.75, 3.05) is 25.2 Å². The van der Waals surface area contributed by atoms with E-state index in [2.05, 4.69) is 24.4 Å². The molecule has 3 rings (SSSR count). The smallest absolute Gasteiger partial charge is 0.348 e. The molecule has 1 aromatic carbocycles. The molecule has 0 aliphatic carbocycles. The van der Waals surface area contributed by atoms with Gasteiger partial charge in [-0.15, -0.1) is 11.3 Å². The number of aliphatic hydroxyl groups excluding tert-OH is 1. The molecule has 30 heavy (non-hydrogen) atoms. The summed E-state index contributed by atoms with van der Waals surface area (Å²) in [6, 6.07) is 11.8. The maximum absolute atomic E-state index is 12.6. The number of anilines is 1. The Kier molecular flexibility index (Phi) is 7.87. The van der Waals surface area contributed by atoms with Crippen molar-refractivity contribution >= 4 is 29.0 Å². The van der Waals surface area contributed by atoms with Crippen LogP contribution >= 0.6 is 11.3 Å². The quantitative estimate of drug-likeness (QED) is 0.434. The molecule has 2 atom stereocenters. The van der Waals surface area contributed by atoms with E-state index in [4.69, 9.17) is 9.84 Å². The molecule has 2 N–H and O–H groups in total. The standard InChI is InChI=1S/C23H30N2O4S/c1-16(20-12-13-21(30-20)22(27)29-2)19-15-24-23(28)25(19)18-10-8-17(9-11-18)7-5-3-4-6-14-26/h8-13,16,19,26H,3-7,14-15H2,1-2H3,(H,24,28)/t16?,19-/m1/s1. The molecule has 7 heteroatoms. The van der Waals surface area contributed by atoms with Gasteiger partial charge in [0.05, 0.1) is 13.2 Å². The van der Waals surface area contributed by atoms with Crippen LogP contribution in [0.1, 0.15) is 58.6 Å². The Balaban J connectivity index is 1.67. The predicted molar refractivity (Wildman–Crippen MR) is 119 cm³/mol. The number of hydrogen-bond acceptors (Lipinski definition) is 5. The van der Waals surface area contributed by atoms with Gasteiger partial charge in [-0.3, -0.25) is 4.90 Å². The van der Waals surface area contributed by atoms with E-state index >= 15 is 0 Å². The van der Waals surface area contributed by atoms with Crippen LogP contribution in [0.15, 0.2) is 36.4 Å². The maximum Gasteiger partial charge on any atom is 0.348 e. The number of amides is 2. The molecule has 0 radical (unpaired) electrons. The van der Waals surface area contributed by atoms with Crippen molar-refractivity contribution in [1.82, 2.24) is 5.32 Å². The van der Waals surface area contributed by atoms with Gasteiger partial charge in [-0.05, 0) is 49.1 Å². The van der Waals surface area contributed by atoms with Gasteiger partial charge in [-0.25, -0.2) is 9.59 Å². The normalized spacial score (nSPS) is 17.1. The predicted octanol–water partition coefficient (Wildman–Crippen LogP) is 4.33. The van der Waals surface area contributed by atoms with Gasteiger partial charge in [-0.2, -0.15) is 0 Å². The summed E-state index contributed by atoms with van der Waals surface area (Å²) < 4.78 is 4.80. The Morgan fingerprint density at radius 1 is 1.20 bits per heavy atom. The van der Waals surface area contributed by atoms with Crippen LogP contribution in [-0.4, -0.2) is 43.4 Å². The molecule has 0 saturated carbocycles. The number of carbonyl (C=O) groups excluding carboxylic acids is 2. The molecule has 1 aliphatic heterocycles. The van der Waals surface area contributed by atoms with Crippen LogP contribution < -0.4 is 10.2 Å². The molecular weight excluding hydrogens is 400 g/mol. The fourth-order valence-corrected chi connectivity index (χ4v) is 4.88. The van der Waals surface area contributed by atoms with Crippen LogP contribution in [0.2, 0.25) is 0 Å². The molecule has 1 unspecified atom stereocenters. The number of thiophene rings is 1. The fraction of sp³-hybridized carbons (Fsp3) is 0.478. The number of aliphatic hydroxyl groups is 1. The Bertz CT molecular complexity index is 849. The van der Waals surface area contributed by atoms with Crippen molar-refractivity contribution in [3.05, 3.63) is 51.7 Å². The molecule has 2 amide bonds. The second-order valence-electron chi connectivity index (χ2n) is 7.66. The first kappa shape index (κ1) is 22.3. The SMILES string of the molecule is COC(=O)c1ccc(C(C)[C@H]2CNC(=O)N2c2ccc(CCCCCCO)cc2)s1. The number of nitrogens with one attached hydrogen (secondary N) is 1. The van der Waals surface area contributed by atoms with Crippen LogP contribution in [0, 0.1) is 0 Å². The van der Waals surface area contributed by atoms with Crippen LogP contribution in [0.5, 0.6) is 0 Å². The number of unbranched alkanes of at least 4 members (excludes halogenated alkanes) is 3. The molecule has 6 nitrogen and oxygen atoms in total. The first-order valence-corrected chi connectivity index (χ1v) is 11.3. The number of methoxy groups -OCH3 is 1. The van der Waals surface area contributed by atoms with Crippen LogP contribution in [-0.2, 0) is 11.2 Å². The third kappa shape index (κ3) is 5.21. The summed E-state index contributed by atoms with van der Waals surface area (Å²) in [6.07, 6.45) is 5.15. The first-order chi connectivity index (χ1) is 14.5. The lowest BCUT2D eigenvalue weighted by molar-refractivity contribution is 0.0606.